The minimum atomic E-state index is -4.74. The number of nitrogens with two attached hydrogens (primary N) is 1. The first-order valence-electron chi connectivity index (χ1n) is 7.11. The molecule has 22 heavy (non-hydrogen) atoms. The molecule has 0 bridgehead atoms. The van der Waals surface area contributed by atoms with Gasteiger partial charge in [0.1, 0.15) is 0 Å². The van der Waals surface area contributed by atoms with Crippen molar-refractivity contribution in [2.75, 3.05) is 4.90 Å². The molecule has 0 saturated carbocycles. The molecule has 2 N–H and O–H groups in total. The highest BCUT2D eigenvalue weighted by Gasteiger charge is 2.37. The molecule has 0 spiro atoms. The summed E-state index contributed by atoms with van der Waals surface area (Å²) in [6.45, 7) is 0.478. The molecule has 1 aliphatic heterocycles. The van der Waals surface area contributed by atoms with Crippen molar-refractivity contribution in [2.24, 2.45) is 5.73 Å². The van der Waals surface area contributed by atoms with E-state index >= 15 is 0 Å². The maximum atomic E-state index is 13.4. The van der Waals surface area contributed by atoms with Gasteiger partial charge in [0.25, 0.3) is 5.91 Å². The van der Waals surface area contributed by atoms with E-state index < -0.39 is 23.7 Å². The summed E-state index contributed by atoms with van der Waals surface area (Å²) < 4.78 is 47.9. The first-order valence-corrected chi connectivity index (χ1v) is 6.61. The van der Waals surface area contributed by atoms with Gasteiger partial charge in [-0.3, -0.25) is 4.79 Å². The second-order valence-electron chi connectivity index (χ2n) is 5.10. The highest BCUT2D eigenvalue weighted by molar-refractivity contribution is 5.99. The predicted octanol–water partition coefficient (Wildman–Crippen LogP) is 3.32. The van der Waals surface area contributed by atoms with Crippen LogP contribution in [-0.4, -0.2) is 5.91 Å². The fraction of sp³-hybridized carbons (Fsp3) is 0.188. The molecule has 3 nitrogen and oxygen atoms in total. The van der Waals surface area contributed by atoms with Crippen molar-refractivity contribution in [3.05, 3.63) is 64.7 Å². The average Bonchev–Trinajstić information content (AvgIpc) is 2.88. The van der Waals surface area contributed by atoms with Crippen molar-refractivity contribution < 1.29 is 19.3 Å². The molecule has 0 unspecified atom stereocenters. The summed E-state index contributed by atoms with van der Waals surface area (Å²) in [6.07, 6.45) is -4.74. The fourth-order valence-electron chi connectivity index (χ4n) is 2.72. The first-order chi connectivity index (χ1) is 10.8. The Labute approximate surface area is 126 Å². The Bertz CT molecular complexity index is 764. The molecular weight excluding hydrogens is 293 g/mol. The van der Waals surface area contributed by atoms with Crippen LogP contribution in [0.3, 0.4) is 0 Å². The Balaban J connectivity index is 2.18. The Kier molecular flexibility index (Phi) is 3.03. The van der Waals surface area contributed by atoms with Crippen LogP contribution in [0.1, 0.15) is 28.4 Å². The number of hydrogen-bond acceptors (Lipinski definition) is 2. The monoisotopic (exact) mass is 307 g/mol. The summed E-state index contributed by atoms with van der Waals surface area (Å²) in [4.78, 5) is 13.1. The zero-order chi connectivity index (χ0) is 16.8. The Morgan fingerprint density at radius 3 is 2.23 bits per heavy atom. The number of alkyl halides is 3. The lowest BCUT2D eigenvalue weighted by Crippen LogP contribution is -2.25. The number of carbonyl (C=O) groups is 1. The van der Waals surface area contributed by atoms with Gasteiger partial charge in [-0.1, -0.05) is 30.3 Å². The van der Waals surface area contributed by atoms with E-state index in [1.165, 1.54) is 11.0 Å². The van der Waals surface area contributed by atoms with Gasteiger partial charge in [0.15, 0.2) is 0 Å². The summed E-state index contributed by atoms with van der Waals surface area (Å²) in [5.41, 5.74) is 5.39. The molecule has 1 heterocycles. The highest BCUT2D eigenvalue weighted by Crippen LogP contribution is 2.41. The highest BCUT2D eigenvalue weighted by atomic mass is 19.4. The molecule has 0 aliphatic carbocycles. The van der Waals surface area contributed by atoms with Gasteiger partial charge in [0.05, 0.1) is 18.2 Å². The smallest absolute Gasteiger partial charge is 0.366 e. The van der Waals surface area contributed by atoms with Gasteiger partial charge in [-0.05, 0) is 23.2 Å². The van der Waals surface area contributed by atoms with Gasteiger partial charge in [-0.2, -0.15) is 13.2 Å². The van der Waals surface area contributed by atoms with E-state index in [2.05, 4.69) is 0 Å². The molecule has 3 rings (SSSR count). The third kappa shape index (κ3) is 2.41. The largest absolute Gasteiger partial charge is 0.418 e. The van der Waals surface area contributed by atoms with Gasteiger partial charge in [-0.15, -0.1) is 0 Å². The molecule has 1 aliphatic rings. The molecule has 6 heteroatoms. The number of benzene rings is 2. The molecule has 0 fully saturated rings. The Morgan fingerprint density at radius 2 is 1.73 bits per heavy atom. The molecular formula is C16H13F3N2O. The van der Waals surface area contributed by atoms with Crippen molar-refractivity contribution in [2.45, 2.75) is 19.3 Å². The second-order valence-corrected chi connectivity index (χ2v) is 5.10. The van der Waals surface area contributed by atoms with Gasteiger partial charge < -0.3 is 10.6 Å². The van der Waals surface area contributed by atoms with Crippen LogP contribution in [0.4, 0.5) is 18.9 Å². The van der Waals surface area contributed by atoms with E-state index in [9.17, 15) is 18.0 Å². The van der Waals surface area contributed by atoms with Crippen LogP contribution in [0.5, 0.6) is 0 Å². The maximum Gasteiger partial charge on any atom is 0.418 e. The number of anilines is 1. The van der Waals surface area contributed by atoms with Crippen molar-refractivity contribution in [3.63, 3.8) is 0 Å². The van der Waals surface area contributed by atoms with Crippen LogP contribution in [0.2, 0.25) is 0 Å². The summed E-state index contributed by atoms with van der Waals surface area (Å²) in [5.74, 6) is -0.943. The quantitative estimate of drug-likeness (QED) is 0.925. The number of amides is 1. The number of fused-ring (bicyclic) bond motifs is 1. The standard InChI is InChI=1S/C16H13F3N2O/c17-16(18,19)13-7-3-6-12(15(20)22)14(13)21-8-10-4-1-2-5-11(10)9-21/h1-7H,8-9H2,(H2,20,22)/i7D. The third-order valence-electron chi connectivity index (χ3n) is 3.68. The topological polar surface area (TPSA) is 46.3 Å². The van der Waals surface area contributed by atoms with Crippen LogP contribution < -0.4 is 10.6 Å². The third-order valence-corrected chi connectivity index (χ3v) is 3.68. The summed E-state index contributed by atoms with van der Waals surface area (Å²) in [6, 6.07) is 8.74. The van der Waals surface area contributed by atoms with E-state index in [0.717, 1.165) is 17.2 Å². The molecule has 0 aromatic heterocycles. The lowest BCUT2D eigenvalue weighted by atomic mass is 10.0. The van der Waals surface area contributed by atoms with Crippen molar-refractivity contribution >= 4 is 11.6 Å². The number of hydrogen-bond donors (Lipinski definition) is 1. The molecule has 0 saturated heterocycles. The number of rotatable bonds is 2. The normalized spacial score (nSPS) is 14.7. The van der Waals surface area contributed by atoms with E-state index in [1.54, 1.807) is 0 Å². The van der Waals surface area contributed by atoms with Crippen LogP contribution in [0.25, 0.3) is 0 Å². The van der Waals surface area contributed by atoms with Crippen LogP contribution in [0, 0.1) is 0 Å². The molecule has 0 atom stereocenters. The molecule has 2 aromatic rings. The van der Waals surface area contributed by atoms with Gasteiger partial charge in [0.2, 0.25) is 0 Å². The van der Waals surface area contributed by atoms with Crippen molar-refractivity contribution in [1.82, 2.24) is 0 Å². The van der Waals surface area contributed by atoms with Gasteiger partial charge >= 0.3 is 6.18 Å². The Morgan fingerprint density at radius 1 is 1.14 bits per heavy atom. The Hall–Kier alpha value is -2.50. The van der Waals surface area contributed by atoms with E-state index in [-0.39, 0.29) is 24.3 Å². The number of para-hydroxylation sites is 1. The minimum Gasteiger partial charge on any atom is -0.366 e. The lowest BCUT2D eigenvalue weighted by molar-refractivity contribution is -0.137. The number of carbonyl (C=O) groups excluding carboxylic acids is 1. The SMILES string of the molecule is [2H]c1ccc(C(N)=O)c(N2Cc3ccccc3C2)c1C(F)(F)F. The summed E-state index contributed by atoms with van der Waals surface area (Å²) >= 11 is 0. The van der Waals surface area contributed by atoms with Crippen LogP contribution in [-0.2, 0) is 19.3 Å². The van der Waals surface area contributed by atoms with Crippen molar-refractivity contribution in [1.29, 1.82) is 0 Å². The van der Waals surface area contributed by atoms with E-state index in [0.29, 0.717) is 0 Å². The minimum absolute atomic E-state index is 0.221. The summed E-state index contributed by atoms with van der Waals surface area (Å²) in [7, 11) is 0. The predicted molar refractivity (Wildman–Crippen MR) is 76.3 cm³/mol. The van der Waals surface area contributed by atoms with E-state index in [1.807, 2.05) is 24.3 Å². The van der Waals surface area contributed by atoms with Gasteiger partial charge in [0, 0.05) is 13.1 Å². The molecule has 114 valence electrons. The number of primary amides is 1. The molecule has 1 amide bonds. The second kappa shape index (κ2) is 5.05. The lowest BCUT2D eigenvalue weighted by Gasteiger charge is -2.24. The van der Waals surface area contributed by atoms with E-state index in [4.69, 9.17) is 7.10 Å². The molecule has 0 radical (unpaired) electrons. The maximum absolute atomic E-state index is 13.4. The van der Waals surface area contributed by atoms with Gasteiger partial charge in [-0.25, -0.2) is 0 Å². The summed E-state index contributed by atoms with van der Waals surface area (Å²) in [5, 5.41) is 0. The fourth-order valence-corrected chi connectivity index (χ4v) is 2.72. The van der Waals surface area contributed by atoms with Crippen LogP contribution in [0.15, 0.2) is 42.4 Å². The average molecular weight is 307 g/mol. The molecule has 2 aromatic carbocycles. The first kappa shape index (κ1) is 13.2. The number of halogens is 3. The zero-order valence-electron chi connectivity index (χ0n) is 12.4. The van der Waals surface area contributed by atoms with Crippen molar-refractivity contribution in [3.8, 4) is 0 Å². The van der Waals surface area contributed by atoms with Crippen LogP contribution >= 0.6 is 0 Å². The zero-order valence-corrected chi connectivity index (χ0v) is 11.4. The number of nitrogens with zero attached hydrogens (tertiary/aromatic N) is 1.